The van der Waals surface area contributed by atoms with E-state index in [4.69, 9.17) is 9.40 Å². The van der Waals surface area contributed by atoms with Crippen molar-refractivity contribution in [3.05, 3.63) is 249 Å². The second-order valence-electron chi connectivity index (χ2n) is 19.4. The van der Waals surface area contributed by atoms with Crippen molar-refractivity contribution in [2.24, 2.45) is 0 Å². The Balaban J connectivity index is 0.955. The Bertz CT molecular complexity index is 4670. The first-order chi connectivity index (χ1) is 35.7. The SMILES string of the molecule is c1ccc([Si]2(c3ccccc3)c3ccccc3N(c3ccc4ccccc4n3)c3ccc(-c4ccc5c(c4)c4ccccc4n5-c4cc5cccc6ccc7c8c(cc4c7c65)oc4ccccc48)cc32)cc1. The normalized spacial score (nSPS) is 13.4. The molecule has 4 nitrogen and oxygen atoms in total. The molecule has 16 rings (SSSR count). The van der Waals surface area contributed by atoms with Crippen LogP contribution in [-0.4, -0.2) is 17.6 Å². The molecule has 3 aromatic heterocycles. The Labute approximate surface area is 415 Å². The summed E-state index contributed by atoms with van der Waals surface area (Å²) in [5.74, 6) is 0.903. The molecule has 5 heteroatoms. The van der Waals surface area contributed by atoms with Crippen LogP contribution in [0.15, 0.2) is 253 Å². The molecular formula is C67H41N3OSi. The van der Waals surface area contributed by atoms with Gasteiger partial charge in [-0.3, -0.25) is 4.90 Å². The minimum Gasteiger partial charge on any atom is -0.456 e. The van der Waals surface area contributed by atoms with E-state index >= 15 is 0 Å². The number of furan rings is 1. The molecule has 0 radical (unpaired) electrons. The maximum absolute atomic E-state index is 6.68. The van der Waals surface area contributed by atoms with Crippen molar-refractivity contribution in [3.8, 4) is 16.8 Å². The van der Waals surface area contributed by atoms with E-state index in [0.717, 1.165) is 50.2 Å². The summed E-state index contributed by atoms with van der Waals surface area (Å²) in [5, 5.41) is 18.7. The Morgan fingerprint density at radius 3 is 1.89 bits per heavy atom. The summed E-state index contributed by atoms with van der Waals surface area (Å²) < 4.78 is 9.17. The minimum absolute atomic E-state index is 0.903. The number of aromatic nitrogens is 2. The molecule has 0 saturated heterocycles. The molecule has 1 aliphatic rings. The molecule has 72 heavy (non-hydrogen) atoms. The van der Waals surface area contributed by atoms with Crippen molar-refractivity contribution < 1.29 is 4.42 Å². The minimum atomic E-state index is -2.98. The van der Waals surface area contributed by atoms with E-state index in [0.29, 0.717) is 0 Å². The fourth-order valence-electron chi connectivity index (χ4n) is 12.8. The van der Waals surface area contributed by atoms with Gasteiger partial charge in [-0.05, 0) is 120 Å². The van der Waals surface area contributed by atoms with Crippen LogP contribution < -0.4 is 25.6 Å². The quantitative estimate of drug-likeness (QED) is 0.127. The van der Waals surface area contributed by atoms with Gasteiger partial charge in [0, 0.05) is 49.1 Å². The van der Waals surface area contributed by atoms with Crippen molar-refractivity contribution in [3.63, 3.8) is 0 Å². The van der Waals surface area contributed by atoms with Gasteiger partial charge in [-0.25, -0.2) is 4.98 Å². The van der Waals surface area contributed by atoms with E-state index in [1.165, 1.54) is 91.6 Å². The summed E-state index contributed by atoms with van der Waals surface area (Å²) in [7, 11) is -2.98. The largest absolute Gasteiger partial charge is 0.456 e. The van der Waals surface area contributed by atoms with Crippen molar-refractivity contribution >= 4 is 133 Å². The molecule has 1 aliphatic heterocycles. The highest BCUT2D eigenvalue weighted by Crippen LogP contribution is 2.47. The summed E-state index contributed by atoms with van der Waals surface area (Å²) in [6.07, 6.45) is 0. The number of fused-ring (bicyclic) bond motifs is 10. The zero-order valence-electron chi connectivity index (χ0n) is 38.9. The lowest BCUT2D eigenvalue weighted by Gasteiger charge is -2.44. The van der Waals surface area contributed by atoms with Crippen molar-refractivity contribution in [2.75, 3.05) is 4.90 Å². The first-order valence-electron chi connectivity index (χ1n) is 24.8. The van der Waals surface area contributed by atoms with Gasteiger partial charge in [-0.1, -0.05) is 182 Å². The Morgan fingerprint density at radius 1 is 0.347 bits per heavy atom. The summed E-state index contributed by atoms with van der Waals surface area (Å²) in [6, 6.07) is 92.1. The molecule has 334 valence electrons. The number of para-hydroxylation sites is 4. The molecule has 0 saturated carbocycles. The fourth-order valence-corrected chi connectivity index (χ4v) is 17.9. The molecule has 12 aromatic carbocycles. The lowest BCUT2D eigenvalue weighted by molar-refractivity contribution is 0.669. The highest BCUT2D eigenvalue weighted by Gasteiger charge is 2.49. The van der Waals surface area contributed by atoms with Gasteiger partial charge in [0.05, 0.1) is 22.2 Å². The number of hydrogen-bond acceptors (Lipinski definition) is 3. The Hall–Kier alpha value is -9.29. The van der Waals surface area contributed by atoms with Crippen LogP contribution in [-0.2, 0) is 0 Å². The molecule has 0 spiro atoms. The van der Waals surface area contributed by atoms with E-state index in [9.17, 15) is 0 Å². The maximum atomic E-state index is 6.68. The first kappa shape index (κ1) is 39.5. The van der Waals surface area contributed by atoms with E-state index in [2.05, 4.69) is 258 Å². The van der Waals surface area contributed by atoms with Crippen LogP contribution in [0.5, 0.6) is 0 Å². The van der Waals surface area contributed by atoms with Gasteiger partial charge in [-0.2, -0.15) is 0 Å². The number of pyridine rings is 1. The average Bonchev–Trinajstić information content (AvgIpc) is 3.99. The molecule has 0 aliphatic carbocycles. The van der Waals surface area contributed by atoms with Crippen LogP contribution in [0.4, 0.5) is 17.2 Å². The Kier molecular flexibility index (Phi) is 8.16. The third-order valence-electron chi connectivity index (χ3n) is 15.7. The molecule has 0 unspecified atom stereocenters. The first-order valence-corrected chi connectivity index (χ1v) is 26.8. The van der Waals surface area contributed by atoms with Crippen LogP contribution in [0, 0.1) is 0 Å². The summed E-state index contributed by atoms with van der Waals surface area (Å²) in [4.78, 5) is 7.77. The number of anilines is 3. The summed E-state index contributed by atoms with van der Waals surface area (Å²) in [6.45, 7) is 0. The Morgan fingerprint density at radius 2 is 1.01 bits per heavy atom. The molecule has 0 fully saturated rings. The maximum Gasteiger partial charge on any atom is 0.184 e. The van der Waals surface area contributed by atoms with Crippen LogP contribution in [0.2, 0.25) is 0 Å². The molecule has 15 aromatic rings. The highest BCUT2D eigenvalue weighted by atomic mass is 28.3. The zero-order chi connectivity index (χ0) is 47.1. The van der Waals surface area contributed by atoms with Gasteiger partial charge >= 0.3 is 0 Å². The van der Waals surface area contributed by atoms with E-state index < -0.39 is 8.07 Å². The molecule has 0 bridgehead atoms. The highest BCUT2D eigenvalue weighted by molar-refractivity contribution is 7.21. The predicted octanol–water partition coefficient (Wildman–Crippen LogP) is 15.0. The van der Waals surface area contributed by atoms with Gasteiger partial charge in [-0.15, -0.1) is 0 Å². The van der Waals surface area contributed by atoms with E-state index in [1.807, 2.05) is 0 Å². The molecule has 0 N–H and O–H groups in total. The van der Waals surface area contributed by atoms with Crippen LogP contribution in [0.25, 0.3) is 104 Å². The van der Waals surface area contributed by atoms with Gasteiger partial charge in [0.2, 0.25) is 0 Å². The van der Waals surface area contributed by atoms with Crippen LogP contribution in [0.1, 0.15) is 0 Å². The van der Waals surface area contributed by atoms with Crippen LogP contribution in [0.3, 0.4) is 0 Å². The second-order valence-corrected chi connectivity index (χ2v) is 23.1. The predicted molar refractivity (Wildman–Crippen MR) is 304 cm³/mol. The molecule has 0 atom stereocenters. The number of rotatable bonds is 5. The third kappa shape index (κ3) is 5.37. The van der Waals surface area contributed by atoms with E-state index in [-0.39, 0.29) is 0 Å². The smallest absolute Gasteiger partial charge is 0.184 e. The number of nitrogens with zero attached hydrogens (tertiary/aromatic N) is 3. The molecular weight excluding hydrogens is 891 g/mol. The third-order valence-corrected chi connectivity index (χ3v) is 20.6. The summed E-state index contributed by atoms with van der Waals surface area (Å²) in [5.41, 5.74) is 10.9. The lowest BCUT2D eigenvalue weighted by Crippen LogP contribution is -2.77. The zero-order valence-corrected chi connectivity index (χ0v) is 39.9. The van der Waals surface area contributed by atoms with Gasteiger partial charge in [0.25, 0.3) is 0 Å². The fraction of sp³-hybridized carbons (Fsp3) is 0. The molecule has 4 heterocycles. The topological polar surface area (TPSA) is 34.2 Å². The van der Waals surface area contributed by atoms with Crippen molar-refractivity contribution in [2.45, 2.75) is 0 Å². The molecule has 0 amide bonds. The average molecular weight is 932 g/mol. The second kappa shape index (κ2) is 14.9. The van der Waals surface area contributed by atoms with E-state index in [1.54, 1.807) is 0 Å². The summed E-state index contributed by atoms with van der Waals surface area (Å²) >= 11 is 0. The number of benzene rings is 12. The monoisotopic (exact) mass is 931 g/mol. The van der Waals surface area contributed by atoms with Gasteiger partial charge in [0.1, 0.15) is 17.0 Å². The lowest BCUT2D eigenvalue weighted by atomic mass is 9.91. The van der Waals surface area contributed by atoms with Crippen LogP contribution >= 0.6 is 0 Å². The number of hydrogen-bond donors (Lipinski definition) is 0. The van der Waals surface area contributed by atoms with Crippen molar-refractivity contribution in [1.29, 1.82) is 0 Å². The van der Waals surface area contributed by atoms with Gasteiger partial charge in [0.15, 0.2) is 8.07 Å². The standard InChI is InChI=1S/C67H41N3OSi/c1-3-19-47(20-4-1)72(48-21-5-2-6-22-48)62-29-14-12-27-57(62)70(64-37-33-42-16-7-10-25-54(42)68-64)58-36-32-45(40-63(58)72)44-31-35-56-52(38-44)49-23-8-11-26-55(49)69(56)59-39-46-18-15-17-43-30-34-51-66-50-24-9-13-28-60(50)71-61(66)41-53(59)67(51)65(43)46/h1-41H. The van der Waals surface area contributed by atoms with Crippen molar-refractivity contribution in [1.82, 2.24) is 9.55 Å². The van der Waals surface area contributed by atoms with Gasteiger partial charge < -0.3 is 8.98 Å².